The molecular formula is C47H74O19. The van der Waals surface area contributed by atoms with Gasteiger partial charge in [0.25, 0.3) is 0 Å². The normalized spacial score (nSPS) is 56.7. The number of esters is 1. The minimum absolute atomic E-state index is 0.0744. The molecule has 1 spiro atoms. The van der Waals surface area contributed by atoms with E-state index in [-0.39, 0.29) is 35.2 Å². The van der Waals surface area contributed by atoms with E-state index in [0.717, 1.165) is 24.8 Å². The molecule has 0 amide bonds. The van der Waals surface area contributed by atoms with Crippen LogP contribution in [0.3, 0.4) is 0 Å². The lowest BCUT2D eigenvalue weighted by atomic mass is 9.33. The number of carbonyl (C=O) groups excluding carboxylic acids is 1. The summed E-state index contributed by atoms with van der Waals surface area (Å²) in [4.78, 5) is 13.8. The lowest BCUT2D eigenvalue weighted by Crippen LogP contribution is -2.72. The van der Waals surface area contributed by atoms with Crippen molar-refractivity contribution in [3.8, 4) is 0 Å². The van der Waals surface area contributed by atoms with E-state index in [1.54, 1.807) is 6.92 Å². The van der Waals surface area contributed by atoms with Crippen molar-refractivity contribution in [2.24, 2.45) is 38.9 Å². The number of hydrogen-bond acceptors (Lipinski definition) is 19. The zero-order valence-corrected chi connectivity index (χ0v) is 39.1. The largest absolute Gasteiger partial charge is 0.455 e. The molecule has 19 heteroatoms. The Balaban J connectivity index is 0.934. The fraction of sp³-hybridized carbons (Fsp3) is 0.936. The zero-order valence-electron chi connectivity index (χ0n) is 39.1. The Hall–Kier alpha value is -1.47. The molecule has 24 atom stereocenters. The molecule has 0 aromatic rings. The lowest BCUT2D eigenvalue weighted by Gasteiger charge is -2.73. The predicted molar refractivity (Wildman–Crippen MR) is 225 cm³/mol. The lowest BCUT2D eigenvalue weighted by molar-refractivity contribution is -0.387. The Labute approximate surface area is 384 Å². The standard InChI is InChI=1S/C47H74O19/c1-41(2)24-8-11-43(4)25(16-20(50)27-36-46(7,59)45(6)13-15-47(36,40(58)66-45)14-12-44(27,43)5)42(24,3)10-9-26(41)63-37-33(57)34(21(51)19-60-37)64-39-35(31(55)29(53)23(18-49)62-39)65-38-32(56)30(54)28(52)22(17-48)61-38/h20-26,28-35,37-39,48-57,59H,8-19H2,1-7H3. The molecule has 5 heterocycles. The third kappa shape index (κ3) is 6.80. The Morgan fingerprint density at radius 2 is 1.26 bits per heavy atom. The summed E-state index contributed by atoms with van der Waals surface area (Å²) in [5, 5.41) is 121. The molecule has 9 fully saturated rings. The summed E-state index contributed by atoms with van der Waals surface area (Å²) in [6.45, 7) is 12.9. The van der Waals surface area contributed by atoms with Gasteiger partial charge in [-0.2, -0.15) is 0 Å². The number of fused-ring (bicyclic) bond motifs is 7. The second kappa shape index (κ2) is 16.5. The molecule has 5 saturated heterocycles. The molecule has 19 nitrogen and oxygen atoms in total. The van der Waals surface area contributed by atoms with Crippen molar-refractivity contribution in [2.75, 3.05) is 19.8 Å². The quantitative estimate of drug-likeness (QED) is 0.0792. The van der Waals surface area contributed by atoms with E-state index in [1.165, 1.54) is 0 Å². The third-order valence-electron chi connectivity index (χ3n) is 19.7. The van der Waals surface area contributed by atoms with Crippen LogP contribution in [0.1, 0.15) is 106 Å². The molecule has 0 aromatic heterocycles. The van der Waals surface area contributed by atoms with E-state index >= 15 is 0 Å². The summed E-state index contributed by atoms with van der Waals surface area (Å²) in [6.07, 6.45) is -18.5. The molecule has 5 aliphatic carbocycles. The maximum atomic E-state index is 13.8. The van der Waals surface area contributed by atoms with Crippen LogP contribution in [-0.4, -0.2) is 191 Å². The van der Waals surface area contributed by atoms with E-state index in [2.05, 4.69) is 34.6 Å². The van der Waals surface area contributed by atoms with Gasteiger partial charge in [-0.05, 0) is 116 Å². The molecule has 5 aliphatic heterocycles. The van der Waals surface area contributed by atoms with Gasteiger partial charge in [-0.25, -0.2) is 0 Å². The van der Waals surface area contributed by atoms with Gasteiger partial charge in [0, 0.05) is 0 Å². The first-order valence-electron chi connectivity index (χ1n) is 24.0. The Bertz CT molecular complexity index is 1890. The average Bonchev–Trinajstić information content (AvgIpc) is 3.25. The van der Waals surface area contributed by atoms with Crippen molar-refractivity contribution >= 4 is 5.97 Å². The highest BCUT2D eigenvalue weighted by atomic mass is 16.8. The van der Waals surface area contributed by atoms with Gasteiger partial charge in [-0.1, -0.05) is 34.6 Å². The minimum Gasteiger partial charge on any atom is -0.455 e. The topological polar surface area (TPSA) is 304 Å². The predicted octanol–water partition coefficient (Wildman–Crippen LogP) is -0.974. The molecule has 24 unspecified atom stereocenters. The van der Waals surface area contributed by atoms with Crippen LogP contribution >= 0.6 is 0 Å². The van der Waals surface area contributed by atoms with Crippen molar-refractivity contribution in [1.82, 2.24) is 0 Å². The molecule has 11 N–H and O–H groups in total. The van der Waals surface area contributed by atoms with Gasteiger partial charge in [-0.15, -0.1) is 0 Å². The van der Waals surface area contributed by atoms with Gasteiger partial charge in [0.05, 0.1) is 37.4 Å². The van der Waals surface area contributed by atoms with Crippen LogP contribution in [-0.2, 0) is 38.0 Å². The van der Waals surface area contributed by atoms with E-state index in [4.69, 9.17) is 33.2 Å². The Morgan fingerprint density at radius 1 is 0.636 bits per heavy atom. The Morgan fingerprint density at radius 3 is 1.91 bits per heavy atom. The van der Waals surface area contributed by atoms with Crippen molar-refractivity contribution in [1.29, 1.82) is 0 Å². The first-order chi connectivity index (χ1) is 30.8. The van der Waals surface area contributed by atoms with Crippen LogP contribution in [0.5, 0.6) is 0 Å². The monoisotopic (exact) mass is 942 g/mol. The minimum atomic E-state index is -1.89. The molecule has 0 aromatic carbocycles. The van der Waals surface area contributed by atoms with Gasteiger partial charge in [0.15, 0.2) is 18.9 Å². The van der Waals surface area contributed by atoms with Crippen LogP contribution in [0.25, 0.3) is 0 Å². The van der Waals surface area contributed by atoms with Crippen LogP contribution in [0.15, 0.2) is 11.1 Å². The molecule has 376 valence electrons. The zero-order chi connectivity index (χ0) is 48.1. The third-order valence-corrected chi connectivity index (χ3v) is 19.7. The highest BCUT2D eigenvalue weighted by Crippen LogP contribution is 2.77. The second-order valence-corrected chi connectivity index (χ2v) is 23.1. The van der Waals surface area contributed by atoms with E-state index in [9.17, 15) is 61.0 Å². The fourth-order valence-electron chi connectivity index (χ4n) is 15.4. The maximum Gasteiger partial charge on any atom is 0.317 e. The number of aliphatic hydroxyl groups is 11. The van der Waals surface area contributed by atoms with Gasteiger partial charge in [-0.3, -0.25) is 4.79 Å². The molecule has 10 aliphatic rings. The van der Waals surface area contributed by atoms with Crippen LogP contribution in [0.2, 0.25) is 0 Å². The van der Waals surface area contributed by atoms with Crippen molar-refractivity contribution in [3.05, 3.63) is 11.1 Å². The van der Waals surface area contributed by atoms with Gasteiger partial charge < -0.3 is 89.3 Å². The first kappa shape index (κ1) is 49.5. The van der Waals surface area contributed by atoms with Crippen molar-refractivity contribution in [2.45, 2.75) is 216 Å². The summed E-state index contributed by atoms with van der Waals surface area (Å²) in [7, 11) is 0. The van der Waals surface area contributed by atoms with E-state index in [1.807, 2.05) is 6.92 Å². The summed E-state index contributed by atoms with van der Waals surface area (Å²) >= 11 is 0. The summed E-state index contributed by atoms with van der Waals surface area (Å²) < 4.78 is 41.8. The smallest absolute Gasteiger partial charge is 0.317 e. The number of carbonyl (C=O) groups is 1. The number of aliphatic hydroxyl groups excluding tert-OH is 10. The van der Waals surface area contributed by atoms with E-state index < -0.39 is 139 Å². The highest BCUT2D eigenvalue weighted by Gasteiger charge is 2.75. The summed E-state index contributed by atoms with van der Waals surface area (Å²) in [5.74, 6) is -0.115. The van der Waals surface area contributed by atoms with Gasteiger partial charge >= 0.3 is 5.97 Å². The van der Waals surface area contributed by atoms with Crippen LogP contribution in [0, 0.1) is 38.9 Å². The molecular weight excluding hydrogens is 868 g/mol. The van der Waals surface area contributed by atoms with Crippen LogP contribution < -0.4 is 0 Å². The molecule has 66 heavy (non-hydrogen) atoms. The molecule has 10 rings (SSSR count). The number of ether oxygens (including phenoxy) is 7. The maximum absolute atomic E-state index is 13.8. The number of hydrogen-bond donors (Lipinski definition) is 11. The second-order valence-electron chi connectivity index (χ2n) is 23.1. The molecule has 2 bridgehead atoms. The van der Waals surface area contributed by atoms with Crippen LogP contribution in [0.4, 0.5) is 0 Å². The fourth-order valence-corrected chi connectivity index (χ4v) is 15.4. The first-order valence-corrected chi connectivity index (χ1v) is 24.0. The van der Waals surface area contributed by atoms with Crippen molar-refractivity contribution < 1.29 is 94.1 Å². The Kier molecular flexibility index (Phi) is 12.4. The highest BCUT2D eigenvalue weighted by molar-refractivity contribution is 5.86. The van der Waals surface area contributed by atoms with Gasteiger partial charge in [0.1, 0.15) is 78.3 Å². The van der Waals surface area contributed by atoms with Gasteiger partial charge in [0.2, 0.25) is 0 Å². The summed E-state index contributed by atoms with van der Waals surface area (Å²) in [6, 6.07) is 0. The molecule has 0 radical (unpaired) electrons. The number of rotatable bonds is 8. The summed E-state index contributed by atoms with van der Waals surface area (Å²) in [5.41, 5.74) is -3.46. The molecule has 4 saturated carbocycles. The van der Waals surface area contributed by atoms with E-state index in [0.29, 0.717) is 44.1 Å². The van der Waals surface area contributed by atoms with Crippen molar-refractivity contribution in [3.63, 3.8) is 0 Å². The average molecular weight is 943 g/mol. The SMILES string of the molecule is CC1(C)C(OC2OCC(O)C(OC3OC(CO)C(O)C(O)C3OC3OC(CO)C(O)C(O)C3O)C2O)CCC2(C)C1CCC1(C)C2CC(O)C2=C3C4(CCC(C)(OC4=O)C3(C)O)CCC21C.